The standard InChI is InChI=1S/C13H8Br2Cl2O/c14-9-3-4-12(11(17)5-9)18-13-6-10(15)2-1-8(13)7-16/h1-6H,7H2. The van der Waals surface area contributed by atoms with Gasteiger partial charge in [0.25, 0.3) is 0 Å². The Morgan fingerprint density at radius 2 is 1.61 bits per heavy atom. The molecule has 2 rings (SSSR count). The molecule has 0 N–H and O–H groups in total. The van der Waals surface area contributed by atoms with Gasteiger partial charge in [-0.1, -0.05) is 49.5 Å². The summed E-state index contributed by atoms with van der Waals surface area (Å²) < 4.78 is 7.64. The first kappa shape index (κ1) is 14.2. The lowest BCUT2D eigenvalue weighted by molar-refractivity contribution is 0.478. The van der Waals surface area contributed by atoms with Gasteiger partial charge in [-0.05, 0) is 30.3 Å². The maximum absolute atomic E-state index is 6.12. The predicted molar refractivity (Wildman–Crippen MR) is 82.9 cm³/mol. The van der Waals surface area contributed by atoms with Gasteiger partial charge in [-0.2, -0.15) is 0 Å². The van der Waals surface area contributed by atoms with Gasteiger partial charge in [-0.3, -0.25) is 0 Å². The molecule has 5 heteroatoms. The van der Waals surface area contributed by atoms with Crippen molar-refractivity contribution in [1.82, 2.24) is 0 Å². The second kappa shape index (κ2) is 6.29. The van der Waals surface area contributed by atoms with Gasteiger partial charge in [-0.25, -0.2) is 0 Å². The number of hydrogen-bond acceptors (Lipinski definition) is 1. The Balaban J connectivity index is 2.36. The summed E-state index contributed by atoms with van der Waals surface area (Å²) in [6.45, 7) is 0. The molecule has 0 aliphatic heterocycles. The molecule has 0 spiro atoms. The van der Waals surface area contributed by atoms with E-state index in [1.807, 2.05) is 30.3 Å². The monoisotopic (exact) mass is 408 g/mol. The third-order valence-corrected chi connectivity index (χ3v) is 3.86. The highest BCUT2D eigenvalue weighted by atomic mass is 79.9. The van der Waals surface area contributed by atoms with Crippen molar-refractivity contribution in [1.29, 1.82) is 0 Å². The van der Waals surface area contributed by atoms with Gasteiger partial charge >= 0.3 is 0 Å². The van der Waals surface area contributed by atoms with Gasteiger partial charge in [0.1, 0.15) is 11.5 Å². The van der Waals surface area contributed by atoms with Crippen molar-refractivity contribution in [3.8, 4) is 11.5 Å². The smallest absolute Gasteiger partial charge is 0.146 e. The van der Waals surface area contributed by atoms with Crippen LogP contribution in [0.5, 0.6) is 11.5 Å². The molecule has 0 atom stereocenters. The molecule has 0 aliphatic carbocycles. The normalized spacial score (nSPS) is 10.4. The van der Waals surface area contributed by atoms with E-state index in [2.05, 4.69) is 31.9 Å². The van der Waals surface area contributed by atoms with Crippen molar-refractivity contribution in [2.24, 2.45) is 0 Å². The summed E-state index contributed by atoms with van der Waals surface area (Å²) in [6, 6.07) is 11.2. The SMILES string of the molecule is ClCc1ccc(Br)cc1Oc1ccc(Br)cc1Cl. The number of hydrogen-bond donors (Lipinski definition) is 0. The molecule has 94 valence electrons. The Morgan fingerprint density at radius 1 is 0.944 bits per heavy atom. The van der Waals surface area contributed by atoms with E-state index in [-0.39, 0.29) is 0 Å². The Labute approximate surface area is 132 Å². The maximum Gasteiger partial charge on any atom is 0.146 e. The summed E-state index contributed by atoms with van der Waals surface area (Å²) in [5, 5.41) is 0.546. The Morgan fingerprint density at radius 3 is 2.28 bits per heavy atom. The summed E-state index contributed by atoms with van der Waals surface area (Å²) in [5.41, 5.74) is 0.916. The fourth-order valence-corrected chi connectivity index (χ4v) is 2.68. The van der Waals surface area contributed by atoms with Crippen LogP contribution in [-0.2, 0) is 5.88 Å². The molecule has 2 aromatic carbocycles. The highest BCUT2D eigenvalue weighted by molar-refractivity contribution is 9.10. The number of halogens is 4. The highest BCUT2D eigenvalue weighted by Crippen LogP contribution is 2.34. The van der Waals surface area contributed by atoms with Gasteiger partial charge in [0.15, 0.2) is 0 Å². The van der Waals surface area contributed by atoms with Crippen molar-refractivity contribution < 1.29 is 4.74 Å². The Kier molecular flexibility index (Phi) is 4.96. The topological polar surface area (TPSA) is 9.23 Å². The van der Waals surface area contributed by atoms with Gasteiger partial charge < -0.3 is 4.74 Å². The molecular formula is C13H8Br2Cl2O. The molecule has 0 bridgehead atoms. The van der Waals surface area contributed by atoms with Gasteiger partial charge in [-0.15, -0.1) is 11.6 Å². The van der Waals surface area contributed by atoms with Crippen LogP contribution in [-0.4, -0.2) is 0 Å². The van der Waals surface area contributed by atoms with E-state index < -0.39 is 0 Å². The summed E-state index contributed by atoms with van der Waals surface area (Å²) in [4.78, 5) is 0. The lowest BCUT2D eigenvalue weighted by atomic mass is 10.2. The van der Waals surface area contributed by atoms with E-state index in [1.165, 1.54) is 0 Å². The fourth-order valence-electron chi connectivity index (χ4n) is 1.41. The summed E-state index contributed by atoms with van der Waals surface area (Å²) >= 11 is 18.8. The minimum atomic E-state index is 0.386. The lowest BCUT2D eigenvalue weighted by Crippen LogP contribution is -1.90. The van der Waals surface area contributed by atoms with Crippen molar-refractivity contribution in [2.45, 2.75) is 5.88 Å². The van der Waals surface area contributed by atoms with Crippen molar-refractivity contribution in [3.05, 3.63) is 55.9 Å². The van der Waals surface area contributed by atoms with Crippen molar-refractivity contribution >= 4 is 55.1 Å². The molecular weight excluding hydrogens is 403 g/mol. The van der Waals surface area contributed by atoms with Crippen LogP contribution in [0.4, 0.5) is 0 Å². The summed E-state index contributed by atoms with van der Waals surface area (Å²) in [6.07, 6.45) is 0. The van der Waals surface area contributed by atoms with E-state index in [0.717, 1.165) is 14.5 Å². The third kappa shape index (κ3) is 3.41. The van der Waals surface area contributed by atoms with Crippen LogP contribution in [0.1, 0.15) is 5.56 Å². The largest absolute Gasteiger partial charge is 0.455 e. The molecule has 0 fully saturated rings. The van der Waals surface area contributed by atoms with Crippen molar-refractivity contribution in [3.63, 3.8) is 0 Å². The van der Waals surface area contributed by atoms with E-state index in [0.29, 0.717) is 22.4 Å². The zero-order valence-electron chi connectivity index (χ0n) is 9.09. The second-order valence-electron chi connectivity index (χ2n) is 3.56. The zero-order valence-corrected chi connectivity index (χ0v) is 13.8. The molecule has 18 heavy (non-hydrogen) atoms. The van der Waals surface area contributed by atoms with E-state index in [1.54, 1.807) is 6.07 Å². The van der Waals surface area contributed by atoms with Gasteiger partial charge in [0.2, 0.25) is 0 Å². The number of ether oxygens (including phenoxy) is 1. The van der Waals surface area contributed by atoms with Gasteiger partial charge in [0, 0.05) is 14.5 Å². The molecule has 2 aromatic rings. The molecule has 1 nitrogen and oxygen atoms in total. The minimum absolute atomic E-state index is 0.386. The van der Waals surface area contributed by atoms with Gasteiger partial charge in [0.05, 0.1) is 10.9 Å². The fraction of sp³-hybridized carbons (Fsp3) is 0.0769. The number of rotatable bonds is 3. The van der Waals surface area contributed by atoms with Crippen LogP contribution in [0.3, 0.4) is 0 Å². The van der Waals surface area contributed by atoms with Crippen LogP contribution in [0.25, 0.3) is 0 Å². The summed E-state index contributed by atoms with van der Waals surface area (Å²) in [5.74, 6) is 1.68. The highest BCUT2D eigenvalue weighted by Gasteiger charge is 2.08. The molecule has 0 heterocycles. The maximum atomic E-state index is 6.12. The first-order valence-corrected chi connectivity index (χ1v) is 7.57. The molecule has 0 saturated carbocycles. The predicted octanol–water partition coefficient (Wildman–Crippen LogP) is 6.40. The summed E-state index contributed by atoms with van der Waals surface area (Å²) in [7, 11) is 0. The zero-order chi connectivity index (χ0) is 13.1. The first-order valence-electron chi connectivity index (χ1n) is 5.07. The molecule has 0 aromatic heterocycles. The van der Waals surface area contributed by atoms with E-state index in [4.69, 9.17) is 27.9 Å². The van der Waals surface area contributed by atoms with Crippen LogP contribution in [0.2, 0.25) is 5.02 Å². The molecule has 0 saturated heterocycles. The average molecular weight is 411 g/mol. The minimum Gasteiger partial charge on any atom is -0.455 e. The second-order valence-corrected chi connectivity index (χ2v) is 6.07. The van der Waals surface area contributed by atoms with Crippen LogP contribution in [0, 0.1) is 0 Å². The third-order valence-electron chi connectivity index (χ3n) is 2.29. The van der Waals surface area contributed by atoms with E-state index in [9.17, 15) is 0 Å². The van der Waals surface area contributed by atoms with Crippen LogP contribution >= 0.6 is 55.1 Å². The van der Waals surface area contributed by atoms with Crippen molar-refractivity contribution in [2.75, 3.05) is 0 Å². The average Bonchev–Trinajstić information content (AvgIpc) is 2.33. The lowest BCUT2D eigenvalue weighted by Gasteiger charge is -2.11. The Hall–Kier alpha value is -0.220. The van der Waals surface area contributed by atoms with Crippen LogP contribution in [0.15, 0.2) is 45.3 Å². The molecule has 0 aliphatic rings. The molecule has 0 unspecified atom stereocenters. The number of benzene rings is 2. The van der Waals surface area contributed by atoms with Crippen LogP contribution < -0.4 is 4.74 Å². The first-order chi connectivity index (χ1) is 8.60. The van der Waals surface area contributed by atoms with E-state index >= 15 is 0 Å². The quantitative estimate of drug-likeness (QED) is 0.532. The number of alkyl halides is 1. The molecule has 0 radical (unpaired) electrons. The molecule has 0 amide bonds. The Bertz CT molecular complexity index is 573.